The molecule has 3 aromatic rings. The molecule has 0 spiro atoms. The highest BCUT2D eigenvalue weighted by atomic mass is 32.2. The second kappa shape index (κ2) is 9.06. The van der Waals surface area contributed by atoms with Gasteiger partial charge in [0.1, 0.15) is 0 Å². The standard InChI is InChI=1S/C20H17N3O6S2/c1-31(27,28)29-17-7-3-2-6-16(17)22-20(24)19-15(21)5-4-8-18(19)30-14-11-9-13(10-12-14)23(25)26/h2-12H,21H2,1H3,(H,22,24). The number of anilines is 2. The molecule has 31 heavy (non-hydrogen) atoms. The highest BCUT2D eigenvalue weighted by Gasteiger charge is 2.19. The first-order valence-corrected chi connectivity index (χ1v) is 11.4. The van der Waals surface area contributed by atoms with Gasteiger partial charge in [-0.15, -0.1) is 0 Å². The van der Waals surface area contributed by atoms with Crippen molar-refractivity contribution in [3.8, 4) is 5.75 Å². The summed E-state index contributed by atoms with van der Waals surface area (Å²) in [5.74, 6) is -0.593. The number of nitrogens with zero attached hydrogens (tertiary/aromatic N) is 1. The quantitative estimate of drug-likeness (QED) is 0.234. The maximum Gasteiger partial charge on any atom is 0.306 e. The number of rotatable bonds is 7. The summed E-state index contributed by atoms with van der Waals surface area (Å²) in [6, 6.07) is 16.9. The molecule has 0 aliphatic carbocycles. The van der Waals surface area contributed by atoms with Gasteiger partial charge in [-0.2, -0.15) is 8.42 Å². The van der Waals surface area contributed by atoms with Crippen molar-refractivity contribution >= 4 is 44.8 Å². The van der Waals surface area contributed by atoms with Crippen LogP contribution in [0.15, 0.2) is 76.5 Å². The Morgan fingerprint density at radius 2 is 1.74 bits per heavy atom. The van der Waals surface area contributed by atoms with Gasteiger partial charge in [0.05, 0.1) is 22.4 Å². The van der Waals surface area contributed by atoms with Crippen LogP contribution in [0.2, 0.25) is 0 Å². The summed E-state index contributed by atoms with van der Waals surface area (Å²) in [6.07, 6.45) is 0.903. The Hall–Kier alpha value is -3.57. The van der Waals surface area contributed by atoms with Gasteiger partial charge in [0.2, 0.25) is 0 Å². The molecule has 0 atom stereocenters. The lowest BCUT2D eigenvalue weighted by atomic mass is 10.1. The van der Waals surface area contributed by atoms with E-state index in [1.807, 2.05) is 0 Å². The van der Waals surface area contributed by atoms with E-state index in [1.54, 1.807) is 42.5 Å². The van der Waals surface area contributed by atoms with E-state index in [9.17, 15) is 23.3 Å². The molecule has 3 aromatic carbocycles. The number of carbonyl (C=O) groups is 1. The molecule has 3 rings (SSSR count). The molecular weight excluding hydrogens is 442 g/mol. The third kappa shape index (κ3) is 5.74. The fourth-order valence-corrected chi connectivity index (χ4v) is 4.09. The second-order valence-electron chi connectivity index (χ2n) is 6.31. The second-order valence-corrected chi connectivity index (χ2v) is 9.00. The Kier molecular flexibility index (Phi) is 6.47. The first kappa shape index (κ1) is 22.1. The van der Waals surface area contributed by atoms with Crippen LogP contribution in [0.4, 0.5) is 17.1 Å². The molecule has 11 heteroatoms. The van der Waals surface area contributed by atoms with E-state index in [1.165, 1.54) is 36.0 Å². The monoisotopic (exact) mass is 459 g/mol. The Morgan fingerprint density at radius 3 is 2.39 bits per heavy atom. The molecule has 0 aliphatic rings. The Bertz CT molecular complexity index is 1240. The van der Waals surface area contributed by atoms with E-state index in [4.69, 9.17) is 9.92 Å². The van der Waals surface area contributed by atoms with Crippen LogP contribution >= 0.6 is 11.8 Å². The summed E-state index contributed by atoms with van der Waals surface area (Å²) in [7, 11) is -3.79. The fraction of sp³-hybridized carbons (Fsp3) is 0.0500. The van der Waals surface area contributed by atoms with Crippen LogP contribution in [-0.2, 0) is 10.1 Å². The van der Waals surface area contributed by atoms with E-state index >= 15 is 0 Å². The number of non-ortho nitro benzene ring substituents is 1. The average Bonchev–Trinajstić information content (AvgIpc) is 2.69. The maximum atomic E-state index is 13.0. The van der Waals surface area contributed by atoms with E-state index in [-0.39, 0.29) is 28.4 Å². The minimum absolute atomic E-state index is 0.0302. The van der Waals surface area contributed by atoms with Gasteiger partial charge in [-0.25, -0.2) is 0 Å². The lowest BCUT2D eigenvalue weighted by Gasteiger charge is -2.14. The van der Waals surface area contributed by atoms with Crippen molar-refractivity contribution in [2.45, 2.75) is 9.79 Å². The molecule has 0 radical (unpaired) electrons. The molecule has 0 saturated carbocycles. The van der Waals surface area contributed by atoms with Gasteiger partial charge in [-0.05, 0) is 36.4 Å². The van der Waals surface area contributed by atoms with E-state index < -0.39 is 20.9 Å². The SMILES string of the molecule is CS(=O)(=O)Oc1ccccc1NC(=O)c1c(N)cccc1Sc1ccc([N+](=O)[O-])cc1. The van der Waals surface area contributed by atoms with Crippen molar-refractivity contribution < 1.29 is 22.3 Å². The van der Waals surface area contributed by atoms with Crippen molar-refractivity contribution in [1.29, 1.82) is 0 Å². The zero-order valence-corrected chi connectivity index (χ0v) is 17.8. The molecule has 0 aliphatic heterocycles. The number of carbonyl (C=O) groups excluding carboxylic acids is 1. The number of nitrogens with two attached hydrogens (primary N) is 1. The Balaban J connectivity index is 1.90. The number of nitrogen functional groups attached to an aromatic ring is 1. The summed E-state index contributed by atoms with van der Waals surface area (Å²) < 4.78 is 27.9. The number of para-hydroxylation sites is 2. The van der Waals surface area contributed by atoms with Gasteiger partial charge >= 0.3 is 10.1 Å². The zero-order chi connectivity index (χ0) is 22.6. The molecule has 0 fully saturated rings. The molecule has 1 amide bonds. The molecule has 3 N–H and O–H groups in total. The lowest BCUT2D eigenvalue weighted by molar-refractivity contribution is -0.384. The molecule has 0 saturated heterocycles. The van der Waals surface area contributed by atoms with Crippen LogP contribution in [0, 0.1) is 10.1 Å². The number of benzene rings is 3. The molecule has 0 heterocycles. The number of nitrogens with one attached hydrogen (secondary N) is 1. The summed E-state index contributed by atoms with van der Waals surface area (Å²) in [6.45, 7) is 0. The smallest absolute Gasteiger partial charge is 0.306 e. The van der Waals surface area contributed by atoms with Gasteiger partial charge in [-0.1, -0.05) is 30.0 Å². The third-order valence-corrected chi connectivity index (χ3v) is 5.49. The number of hydrogen-bond donors (Lipinski definition) is 2. The van der Waals surface area contributed by atoms with Gasteiger partial charge in [-0.3, -0.25) is 14.9 Å². The minimum atomic E-state index is -3.79. The predicted octanol–water partition coefficient (Wildman–Crippen LogP) is 3.92. The Morgan fingerprint density at radius 1 is 1.06 bits per heavy atom. The first-order chi connectivity index (χ1) is 14.6. The van der Waals surface area contributed by atoms with E-state index in [2.05, 4.69) is 5.32 Å². The van der Waals surface area contributed by atoms with Gasteiger partial charge in [0.25, 0.3) is 11.6 Å². The van der Waals surface area contributed by atoms with Crippen molar-refractivity contribution in [3.05, 3.63) is 82.4 Å². The van der Waals surface area contributed by atoms with Crippen molar-refractivity contribution in [3.63, 3.8) is 0 Å². The fourth-order valence-electron chi connectivity index (χ4n) is 2.63. The highest BCUT2D eigenvalue weighted by molar-refractivity contribution is 7.99. The van der Waals surface area contributed by atoms with E-state index in [0.717, 1.165) is 6.26 Å². The van der Waals surface area contributed by atoms with Gasteiger partial charge in [0.15, 0.2) is 5.75 Å². The summed E-state index contributed by atoms with van der Waals surface area (Å²) in [5.41, 5.74) is 6.55. The molecule has 0 unspecified atom stereocenters. The van der Waals surface area contributed by atoms with E-state index in [0.29, 0.717) is 9.79 Å². The minimum Gasteiger partial charge on any atom is -0.398 e. The zero-order valence-electron chi connectivity index (χ0n) is 16.1. The molecule has 160 valence electrons. The third-order valence-electron chi connectivity index (χ3n) is 3.94. The molecule has 0 bridgehead atoms. The molecule has 0 aromatic heterocycles. The first-order valence-electron chi connectivity index (χ1n) is 8.74. The molecule has 9 nitrogen and oxygen atoms in total. The average molecular weight is 460 g/mol. The number of nitro benzene ring substituents is 1. The Labute approximate surface area is 182 Å². The number of hydrogen-bond acceptors (Lipinski definition) is 8. The summed E-state index contributed by atoms with van der Waals surface area (Å²) in [5, 5.41) is 13.5. The summed E-state index contributed by atoms with van der Waals surface area (Å²) in [4.78, 5) is 24.5. The van der Waals surface area contributed by atoms with Crippen LogP contribution in [0.25, 0.3) is 0 Å². The normalized spacial score (nSPS) is 11.0. The van der Waals surface area contributed by atoms with Crippen LogP contribution < -0.4 is 15.2 Å². The van der Waals surface area contributed by atoms with Gasteiger partial charge in [0, 0.05) is 27.6 Å². The molecular formula is C20H17N3O6S2. The van der Waals surface area contributed by atoms with Gasteiger partial charge < -0.3 is 15.2 Å². The predicted molar refractivity (Wildman–Crippen MR) is 118 cm³/mol. The van der Waals surface area contributed by atoms with Crippen molar-refractivity contribution in [1.82, 2.24) is 0 Å². The largest absolute Gasteiger partial charge is 0.398 e. The number of amides is 1. The van der Waals surface area contributed by atoms with Crippen LogP contribution in [0.3, 0.4) is 0 Å². The summed E-state index contributed by atoms with van der Waals surface area (Å²) >= 11 is 1.21. The van der Waals surface area contributed by atoms with Crippen LogP contribution in [0.1, 0.15) is 10.4 Å². The topological polar surface area (TPSA) is 142 Å². The lowest BCUT2D eigenvalue weighted by Crippen LogP contribution is -2.16. The maximum absolute atomic E-state index is 13.0. The van der Waals surface area contributed by atoms with Crippen LogP contribution in [-0.4, -0.2) is 25.5 Å². The van der Waals surface area contributed by atoms with Crippen LogP contribution in [0.5, 0.6) is 5.75 Å². The highest BCUT2D eigenvalue weighted by Crippen LogP contribution is 2.35. The van der Waals surface area contributed by atoms with Crippen molar-refractivity contribution in [2.75, 3.05) is 17.3 Å². The van der Waals surface area contributed by atoms with Crippen molar-refractivity contribution in [2.24, 2.45) is 0 Å². The number of nitro groups is 1.